The highest BCUT2D eigenvalue weighted by atomic mass is 35.5. The summed E-state index contributed by atoms with van der Waals surface area (Å²) >= 11 is 5.96. The largest absolute Gasteiger partial charge is 0.496 e. The molecule has 0 fully saturated rings. The molecule has 2 rings (SSSR count). The summed E-state index contributed by atoms with van der Waals surface area (Å²) in [6, 6.07) is 8.89. The minimum absolute atomic E-state index is 0.113. The number of non-ortho nitro benzene ring substituents is 1. The summed E-state index contributed by atoms with van der Waals surface area (Å²) < 4.78 is 10.7. The fraction of sp³-hybridized carbons (Fsp3) is 0.133. The highest BCUT2D eigenvalue weighted by molar-refractivity contribution is 6.32. The molecule has 2 aromatic rings. The Morgan fingerprint density at radius 1 is 1.23 bits per heavy atom. The highest BCUT2D eigenvalue weighted by Crippen LogP contribution is 2.30. The van der Waals surface area contributed by atoms with Gasteiger partial charge in [0.2, 0.25) is 0 Å². The Kier molecular flexibility index (Phi) is 4.95. The monoisotopic (exact) mass is 321 g/mol. The first-order valence-corrected chi connectivity index (χ1v) is 6.61. The summed E-state index contributed by atoms with van der Waals surface area (Å²) in [6.07, 6.45) is 0.724. The van der Waals surface area contributed by atoms with Crippen molar-refractivity contribution in [3.05, 3.63) is 62.7 Å². The second kappa shape index (κ2) is 6.91. The molecule has 114 valence electrons. The summed E-state index contributed by atoms with van der Waals surface area (Å²) in [7, 11) is 1.51. The van der Waals surface area contributed by atoms with Gasteiger partial charge in [-0.2, -0.15) is 0 Å². The smallest absolute Gasteiger partial charge is 0.271 e. The molecule has 0 aromatic heterocycles. The van der Waals surface area contributed by atoms with E-state index in [1.165, 1.54) is 25.3 Å². The molecule has 6 nitrogen and oxygen atoms in total. The number of hydrogen-bond acceptors (Lipinski definition) is 5. The molecule has 0 N–H and O–H groups in total. The number of aldehydes is 1. The molecule has 2 aromatic carbocycles. The maximum atomic E-state index is 10.8. The first kappa shape index (κ1) is 15.8. The zero-order chi connectivity index (χ0) is 16.1. The van der Waals surface area contributed by atoms with Crippen molar-refractivity contribution in [1.82, 2.24) is 0 Å². The lowest BCUT2D eigenvalue weighted by atomic mass is 10.1. The van der Waals surface area contributed by atoms with Crippen LogP contribution in [-0.2, 0) is 6.61 Å². The van der Waals surface area contributed by atoms with Crippen LogP contribution < -0.4 is 9.47 Å². The van der Waals surface area contributed by atoms with E-state index in [-0.39, 0.29) is 17.3 Å². The van der Waals surface area contributed by atoms with Crippen LogP contribution >= 0.6 is 11.6 Å². The van der Waals surface area contributed by atoms with Crippen molar-refractivity contribution < 1.29 is 19.2 Å². The molecule has 0 saturated heterocycles. The van der Waals surface area contributed by atoms with Gasteiger partial charge in [0.25, 0.3) is 5.69 Å². The van der Waals surface area contributed by atoms with Crippen LogP contribution in [0.5, 0.6) is 11.5 Å². The lowest BCUT2D eigenvalue weighted by molar-refractivity contribution is -0.384. The first-order valence-electron chi connectivity index (χ1n) is 6.24. The second-order valence-electron chi connectivity index (χ2n) is 4.35. The van der Waals surface area contributed by atoms with Gasteiger partial charge >= 0.3 is 0 Å². The van der Waals surface area contributed by atoms with Gasteiger partial charge in [-0.25, -0.2) is 0 Å². The number of ether oxygens (including phenoxy) is 2. The highest BCUT2D eigenvalue weighted by Gasteiger charge is 2.11. The number of nitro groups is 1. The van der Waals surface area contributed by atoms with Gasteiger partial charge in [-0.3, -0.25) is 14.9 Å². The van der Waals surface area contributed by atoms with Crippen molar-refractivity contribution in [2.75, 3.05) is 7.11 Å². The van der Waals surface area contributed by atoms with E-state index in [1.807, 2.05) is 0 Å². The average Bonchev–Trinajstić information content (AvgIpc) is 2.53. The molecule has 0 aliphatic carbocycles. The van der Waals surface area contributed by atoms with E-state index in [0.717, 1.165) is 6.29 Å². The molecule has 0 radical (unpaired) electrons. The zero-order valence-electron chi connectivity index (χ0n) is 11.6. The van der Waals surface area contributed by atoms with E-state index in [0.29, 0.717) is 22.6 Å². The Balaban J connectivity index is 2.19. The van der Waals surface area contributed by atoms with Crippen LogP contribution in [0.1, 0.15) is 15.9 Å². The molecule has 22 heavy (non-hydrogen) atoms. The number of benzene rings is 2. The number of nitro benzene ring substituents is 1. The number of carbonyl (C=O) groups is 1. The van der Waals surface area contributed by atoms with Gasteiger partial charge in [0.05, 0.1) is 17.1 Å². The van der Waals surface area contributed by atoms with Crippen molar-refractivity contribution in [3.8, 4) is 11.5 Å². The minimum atomic E-state index is -0.535. The lowest BCUT2D eigenvalue weighted by Crippen LogP contribution is -2.00. The third-order valence-corrected chi connectivity index (χ3v) is 3.25. The van der Waals surface area contributed by atoms with Crippen molar-refractivity contribution >= 4 is 23.6 Å². The third kappa shape index (κ3) is 3.53. The standard InChI is InChI=1S/C15H12ClNO5/c1-21-14-4-2-10(8-18)6-11(14)9-22-15-5-3-12(17(19)20)7-13(15)16/h2-8H,9H2,1H3. The Labute approximate surface area is 131 Å². The number of methoxy groups -OCH3 is 1. The fourth-order valence-corrected chi connectivity index (χ4v) is 2.09. The van der Waals surface area contributed by atoms with Crippen molar-refractivity contribution in [1.29, 1.82) is 0 Å². The average molecular weight is 322 g/mol. The molecule has 0 saturated carbocycles. The van der Waals surface area contributed by atoms with Crippen LogP contribution in [0, 0.1) is 10.1 Å². The van der Waals surface area contributed by atoms with Gasteiger partial charge < -0.3 is 9.47 Å². The molecular weight excluding hydrogens is 310 g/mol. The van der Waals surface area contributed by atoms with Crippen LogP contribution in [0.4, 0.5) is 5.69 Å². The molecule has 0 amide bonds. The normalized spacial score (nSPS) is 10.1. The van der Waals surface area contributed by atoms with E-state index in [4.69, 9.17) is 21.1 Å². The Bertz CT molecular complexity index is 717. The Morgan fingerprint density at radius 2 is 1.95 bits per heavy atom. The molecule has 7 heteroatoms. The molecule has 0 atom stereocenters. The fourth-order valence-electron chi connectivity index (χ4n) is 1.86. The Hall–Kier alpha value is -2.60. The summed E-state index contributed by atoms with van der Waals surface area (Å²) in [5, 5.41) is 10.8. The third-order valence-electron chi connectivity index (χ3n) is 2.95. The van der Waals surface area contributed by atoms with Crippen LogP contribution in [-0.4, -0.2) is 18.3 Å². The van der Waals surface area contributed by atoms with Gasteiger partial charge in [-0.05, 0) is 24.3 Å². The van der Waals surface area contributed by atoms with E-state index in [1.54, 1.807) is 18.2 Å². The number of hydrogen-bond donors (Lipinski definition) is 0. The SMILES string of the molecule is COc1ccc(C=O)cc1COc1ccc([N+](=O)[O-])cc1Cl. The molecule has 0 spiro atoms. The maximum absolute atomic E-state index is 10.8. The summed E-state index contributed by atoms with van der Waals surface area (Å²) in [5.74, 6) is 0.884. The van der Waals surface area contributed by atoms with E-state index < -0.39 is 4.92 Å². The molecule has 0 bridgehead atoms. The quantitative estimate of drug-likeness (QED) is 0.461. The minimum Gasteiger partial charge on any atom is -0.496 e. The maximum Gasteiger partial charge on any atom is 0.271 e. The van der Waals surface area contributed by atoms with Crippen LogP contribution in [0.2, 0.25) is 5.02 Å². The topological polar surface area (TPSA) is 78.7 Å². The Morgan fingerprint density at radius 3 is 2.55 bits per heavy atom. The molecule has 0 heterocycles. The number of rotatable bonds is 6. The van der Waals surface area contributed by atoms with Crippen LogP contribution in [0.25, 0.3) is 0 Å². The first-order chi connectivity index (χ1) is 10.5. The second-order valence-corrected chi connectivity index (χ2v) is 4.76. The van der Waals surface area contributed by atoms with E-state index in [2.05, 4.69) is 0 Å². The molecular formula is C15H12ClNO5. The van der Waals surface area contributed by atoms with Gasteiger partial charge in [-0.1, -0.05) is 11.6 Å². The summed E-state index contributed by atoms with van der Waals surface area (Å²) in [4.78, 5) is 20.9. The molecule has 0 aliphatic heterocycles. The van der Waals surface area contributed by atoms with Crippen molar-refractivity contribution in [2.45, 2.75) is 6.61 Å². The number of nitrogens with zero attached hydrogens (tertiary/aromatic N) is 1. The van der Waals surface area contributed by atoms with Gasteiger partial charge in [-0.15, -0.1) is 0 Å². The lowest BCUT2D eigenvalue weighted by Gasteiger charge is -2.11. The zero-order valence-corrected chi connectivity index (χ0v) is 12.4. The number of halogens is 1. The molecule has 0 unspecified atom stereocenters. The van der Waals surface area contributed by atoms with Crippen LogP contribution in [0.15, 0.2) is 36.4 Å². The number of carbonyl (C=O) groups excluding carboxylic acids is 1. The molecule has 0 aliphatic rings. The van der Waals surface area contributed by atoms with E-state index >= 15 is 0 Å². The van der Waals surface area contributed by atoms with Gasteiger partial charge in [0, 0.05) is 23.3 Å². The summed E-state index contributed by atoms with van der Waals surface area (Å²) in [5.41, 5.74) is 1.05. The summed E-state index contributed by atoms with van der Waals surface area (Å²) in [6.45, 7) is 0.113. The van der Waals surface area contributed by atoms with Crippen molar-refractivity contribution in [2.24, 2.45) is 0 Å². The van der Waals surface area contributed by atoms with Crippen LogP contribution in [0.3, 0.4) is 0 Å². The van der Waals surface area contributed by atoms with Gasteiger partial charge in [0.1, 0.15) is 24.4 Å². The van der Waals surface area contributed by atoms with E-state index in [9.17, 15) is 14.9 Å². The predicted molar refractivity (Wildman–Crippen MR) is 80.8 cm³/mol. The van der Waals surface area contributed by atoms with Gasteiger partial charge in [0.15, 0.2) is 0 Å². The van der Waals surface area contributed by atoms with Crippen molar-refractivity contribution in [3.63, 3.8) is 0 Å². The predicted octanol–water partition coefficient (Wildman–Crippen LogP) is 3.65.